The van der Waals surface area contributed by atoms with Gasteiger partial charge in [0, 0.05) is 44.4 Å². The minimum Gasteiger partial charge on any atom is -0.475 e. The van der Waals surface area contributed by atoms with Gasteiger partial charge in [0.1, 0.15) is 11.6 Å². The monoisotopic (exact) mass is 566 g/mol. The van der Waals surface area contributed by atoms with Crippen LogP contribution in [0.15, 0.2) is 41.4 Å². The maximum absolute atomic E-state index is 13.5. The Hall–Kier alpha value is -3.06. The van der Waals surface area contributed by atoms with E-state index in [2.05, 4.69) is 4.98 Å². The van der Waals surface area contributed by atoms with Crippen molar-refractivity contribution >= 4 is 27.4 Å². The summed E-state index contributed by atoms with van der Waals surface area (Å²) in [7, 11) is -4.39. The molecule has 2 aliphatic carbocycles. The number of β-amino-alcohol motifs (C(OH)–C–C–N with tert-alkyl or cyclic N) is 1. The maximum atomic E-state index is 13.5. The van der Waals surface area contributed by atoms with Gasteiger partial charge in [-0.1, -0.05) is 12.5 Å². The second-order valence-electron chi connectivity index (χ2n) is 11.1. The number of sulfonamides is 1. The van der Waals surface area contributed by atoms with Crippen LogP contribution >= 0.6 is 0 Å². The van der Waals surface area contributed by atoms with Crippen LogP contribution in [0.3, 0.4) is 0 Å². The predicted octanol–water partition coefficient (Wildman–Crippen LogP) is 3.08. The number of aromatic nitrogens is 1. The predicted molar refractivity (Wildman–Crippen MR) is 135 cm³/mol. The number of halogens is 3. The highest BCUT2D eigenvalue weighted by molar-refractivity contribution is 7.90. The molecule has 1 spiro atoms. The Morgan fingerprint density at radius 1 is 1.10 bits per heavy atom. The van der Waals surface area contributed by atoms with Crippen LogP contribution in [0.2, 0.25) is 0 Å². The van der Waals surface area contributed by atoms with Crippen LogP contribution in [0.25, 0.3) is 0 Å². The molecule has 2 aliphatic heterocycles. The lowest BCUT2D eigenvalue weighted by Crippen LogP contribution is -2.60. The molecule has 4 aliphatic rings. The van der Waals surface area contributed by atoms with Crippen molar-refractivity contribution in [3.63, 3.8) is 0 Å². The number of amides is 1. The van der Waals surface area contributed by atoms with E-state index in [1.807, 2.05) is 9.62 Å². The SMILES string of the molecule is O=C(NS(=O)(=O)c1cccc(N2CC[C@H](O)C2)n1)C1(Oc2cc(C(F)(F)F)ccc2N2CC3(CCC3)C2)CC1. The number of aliphatic hydroxyl groups excluding tert-OH is 1. The summed E-state index contributed by atoms with van der Waals surface area (Å²) in [6, 6.07) is 7.60. The Labute approximate surface area is 224 Å². The minimum atomic E-state index is -4.61. The number of hydrogen-bond acceptors (Lipinski definition) is 8. The molecular weight excluding hydrogens is 537 g/mol. The van der Waals surface area contributed by atoms with Gasteiger partial charge in [-0.2, -0.15) is 21.6 Å². The van der Waals surface area contributed by atoms with Gasteiger partial charge >= 0.3 is 6.18 Å². The maximum Gasteiger partial charge on any atom is 0.416 e. The Balaban J connectivity index is 1.21. The molecule has 3 heterocycles. The van der Waals surface area contributed by atoms with Crippen molar-refractivity contribution in [2.45, 2.75) is 61.4 Å². The molecule has 2 aromatic rings. The van der Waals surface area contributed by atoms with Crippen molar-refractivity contribution in [2.75, 3.05) is 36.0 Å². The van der Waals surface area contributed by atoms with E-state index in [1.54, 1.807) is 11.0 Å². The summed E-state index contributed by atoms with van der Waals surface area (Å²) in [6.45, 7) is 2.24. The fourth-order valence-electron chi connectivity index (χ4n) is 5.61. The number of hydrogen-bond donors (Lipinski definition) is 2. The molecule has 0 unspecified atom stereocenters. The third-order valence-corrected chi connectivity index (χ3v) is 9.45. The Morgan fingerprint density at radius 3 is 2.44 bits per heavy atom. The molecule has 6 rings (SSSR count). The number of rotatable bonds is 7. The van der Waals surface area contributed by atoms with Gasteiger partial charge in [-0.05, 0) is 49.6 Å². The summed E-state index contributed by atoms with van der Waals surface area (Å²) in [4.78, 5) is 21.0. The van der Waals surface area contributed by atoms with E-state index in [9.17, 15) is 31.5 Å². The number of pyridine rings is 1. The quantitative estimate of drug-likeness (QED) is 0.526. The molecule has 2 saturated heterocycles. The Bertz CT molecular complexity index is 1400. The van der Waals surface area contributed by atoms with Gasteiger partial charge in [-0.3, -0.25) is 4.79 Å². The molecule has 13 heteroatoms. The summed E-state index contributed by atoms with van der Waals surface area (Å²) in [5.74, 6) is -0.683. The average molecular weight is 567 g/mol. The van der Waals surface area contributed by atoms with E-state index < -0.39 is 39.4 Å². The van der Waals surface area contributed by atoms with Gasteiger partial charge in [0.25, 0.3) is 15.9 Å². The van der Waals surface area contributed by atoms with E-state index >= 15 is 0 Å². The molecule has 1 atom stereocenters. The van der Waals surface area contributed by atoms with Crippen LogP contribution in [-0.4, -0.2) is 62.3 Å². The molecule has 1 aromatic carbocycles. The number of aliphatic hydroxyl groups is 1. The number of nitrogens with zero attached hydrogens (tertiary/aromatic N) is 3. The molecule has 1 aromatic heterocycles. The lowest BCUT2D eigenvalue weighted by atomic mass is 9.63. The zero-order valence-electron chi connectivity index (χ0n) is 21.1. The standard InChI is InChI=1S/C26H29F3N4O5S/c27-26(28,29)17-5-6-19(33-15-24(16-33)8-2-9-24)20(13-17)38-25(10-11-25)23(35)31-39(36,37)22-4-1-3-21(30-22)32-12-7-18(34)14-32/h1,3-6,13,18,34H,2,7-12,14-16H2,(H,31,35)/t18-/m0/s1. The summed E-state index contributed by atoms with van der Waals surface area (Å²) in [5.41, 5.74) is -1.83. The molecule has 2 saturated carbocycles. The van der Waals surface area contributed by atoms with Gasteiger partial charge in [-0.25, -0.2) is 9.71 Å². The number of anilines is 2. The lowest BCUT2D eigenvalue weighted by Gasteiger charge is -2.57. The zero-order chi connectivity index (χ0) is 27.6. The first-order chi connectivity index (χ1) is 18.4. The molecule has 9 nitrogen and oxygen atoms in total. The first-order valence-electron chi connectivity index (χ1n) is 13.0. The molecule has 0 bridgehead atoms. The van der Waals surface area contributed by atoms with Crippen LogP contribution in [0.1, 0.15) is 44.1 Å². The molecule has 4 fully saturated rings. The molecular formula is C26H29F3N4O5S. The summed E-state index contributed by atoms with van der Waals surface area (Å²) < 4.78 is 74.6. The topological polar surface area (TPSA) is 112 Å². The van der Waals surface area contributed by atoms with Gasteiger partial charge in [0.15, 0.2) is 10.6 Å². The van der Waals surface area contributed by atoms with Gasteiger partial charge in [0.05, 0.1) is 17.4 Å². The first kappa shape index (κ1) is 26.2. The average Bonchev–Trinajstić information content (AvgIpc) is 3.48. The smallest absolute Gasteiger partial charge is 0.416 e. The van der Waals surface area contributed by atoms with E-state index in [-0.39, 0.29) is 29.0 Å². The third-order valence-electron chi connectivity index (χ3n) is 8.22. The largest absolute Gasteiger partial charge is 0.475 e. The number of benzene rings is 1. The van der Waals surface area contributed by atoms with E-state index in [1.165, 1.54) is 18.2 Å². The highest BCUT2D eigenvalue weighted by atomic mass is 32.2. The van der Waals surface area contributed by atoms with Gasteiger partial charge < -0.3 is 19.6 Å². The fraction of sp³-hybridized carbons (Fsp3) is 0.538. The number of carbonyl (C=O) groups excluding carboxylic acids is 1. The second-order valence-corrected chi connectivity index (χ2v) is 12.8. The summed E-state index contributed by atoms with van der Waals surface area (Å²) >= 11 is 0. The van der Waals surface area contributed by atoms with Crippen molar-refractivity contribution < 1.29 is 36.2 Å². The molecule has 39 heavy (non-hydrogen) atoms. The highest BCUT2D eigenvalue weighted by Gasteiger charge is 2.55. The van der Waals surface area contributed by atoms with Crippen LogP contribution in [0.4, 0.5) is 24.7 Å². The Morgan fingerprint density at radius 2 is 1.85 bits per heavy atom. The minimum absolute atomic E-state index is 0.0863. The molecule has 210 valence electrons. The molecule has 1 amide bonds. The first-order valence-corrected chi connectivity index (χ1v) is 14.5. The normalized spacial score (nSPS) is 23.2. The van der Waals surface area contributed by atoms with Crippen LogP contribution in [0, 0.1) is 5.41 Å². The Kier molecular flexibility index (Phi) is 6.03. The second kappa shape index (κ2) is 8.98. The van der Waals surface area contributed by atoms with Crippen molar-refractivity contribution in [2.24, 2.45) is 5.41 Å². The number of ether oxygens (including phenoxy) is 1. The fourth-order valence-corrected chi connectivity index (χ4v) is 6.61. The van der Waals surface area contributed by atoms with Crippen LogP contribution < -0.4 is 19.3 Å². The third kappa shape index (κ3) is 4.90. The summed E-state index contributed by atoms with van der Waals surface area (Å²) in [5, 5.41) is 9.40. The van der Waals surface area contributed by atoms with E-state index in [0.29, 0.717) is 44.1 Å². The van der Waals surface area contributed by atoms with Crippen molar-refractivity contribution in [3.05, 3.63) is 42.0 Å². The zero-order valence-corrected chi connectivity index (χ0v) is 21.9. The van der Waals surface area contributed by atoms with Gasteiger partial charge in [-0.15, -0.1) is 0 Å². The van der Waals surface area contributed by atoms with Crippen molar-refractivity contribution in [1.29, 1.82) is 0 Å². The molecule has 0 radical (unpaired) electrons. The van der Waals surface area contributed by atoms with E-state index in [0.717, 1.165) is 31.4 Å². The van der Waals surface area contributed by atoms with Crippen LogP contribution in [-0.2, 0) is 21.0 Å². The number of carbonyl (C=O) groups is 1. The van der Waals surface area contributed by atoms with E-state index in [4.69, 9.17) is 4.74 Å². The van der Waals surface area contributed by atoms with Crippen molar-refractivity contribution in [3.8, 4) is 5.75 Å². The highest BCUT2D eigenvalue weighted by Crippen LogP contribution is 2.52. The molecule has 2 N–H and O–H groups in total. The summed E-state index contributed by atoms with van der Waals surface area (Å²) in [6.07, 6.45) is -0.984. The van der Waals surface area contributed by atoms with Crippen molar-refractivity contribution in [1.82, 2.24) is 9.71 Å². The van der Waals surface area contributed by atoms with Crippen LogP contribution in [0.5, 0.6) is 5.75 Å². The number of nitrogens with one attached hydrogen (secondary N) is 1. The number of alkyl halides is 3. The lowest BCUT2D eigenvalue weighted by molar-refractivity contribution is -0.137. The van der Waals surface area contributed by atoms with Gasteiger partial charge in [0.2, 0.25) is 0 Å².